The van der Waals surface area contributed by atoms with E-state index in [-0.39, 0.29) is 5.54 Å². The highest BCUT2D eigenvalue weighted by atomic mass is 16.5. The summed E-state index contributed by atoms with van der Waals surface area (Å²) in [4.78, 5) is 0. The highest BCUT2D eigenvalue weighted by Gasteiger charge is 2.33. The summed E-state index contributed by atoms with van der Waals surface area (Å²) >= 11 is 0. The number of rotatable bonds is 3. The van der Waals surface area contributed by atoms with Crippen molar-refractivity contribution in [3.63, 3.8) is 0 Å². The van der Waals surface area contributed by atoms with E-state index in [1.807, 2.05) is 22.9 Å². The molecule has 2 N–H and O–H groups in total. The fourth-order valence-corrected chi connectivity index (χ4v) is 3.14. The number of aromatic nitrogens is 4. The van der Waals surface area contributed by atoms with Crippen LogP contribution in [0.4, 0.5) is 5.69 Å². The zero-order chi connectivity index (χ0) is 14.9. The van der Waals surface area contributed by atoms with Gasteiger partial charge in [0, 0.05) is 5.69 Å². The van der Waals surface area contributed by atoms with E-state index < -0.39 is 0 Å². The smallest absolute Gasteiger partial charge is 0.186 e. The number of anilines is 1. The number of nitrogen functional groups attached to an aromatic ring is 1. The number of hydrogen-bond acceptors (Lipinski definition) is 5. The summed E-state index contributed by atoms with van der Waals surface area (Å²) in [6.45, 7) is 2.23. The quantitative estimate of drug-likeness (QED) is 0.878. The molecule has 0 bridgehead atoms. The summed E-state index contributed by atoms with van der Waals surface area (Å²) in [5, 5.41) is 12.4. The van der Waals surface area contributed by atoms with Crippen LogP contribution in [0, 0.1) is 0 Å². The molecule has 1 aromatic heterocycles. The number of hydrogen-bond donors (Lipinski definition) is 1. The molecule has 0 aliphatic heterocycles. The maximum atomic E-state index is 5.92. The maximum absolute atomic E-state index is 5.92. The summed E-state index contributed by atoms with van der Waals surface area (Å²) < 4.78 is 7.38. The molecule has 1 heterocycles. The fourth-order valence-electron chi connectivity index (χ4n) is 3.14. The van der Waals surface area contributed by atoms with Gasteiger partial charge in [-0.25, -0.2) is 4.68 Å². The number of methoxy groups -OCH3 is 1. The van der Waals surface area contributed by atoms with Crippen molar-refractivity contribution in [2.75, 3.05) is 12.8 Å². The van der Waals surface area contributed by atoms with Crippen molar-refractivity contribution >= 4 is 5.69 Å². The van der Waals surface area contributed by atoms with Crippen molar-refractivity contribution in [1.82, 2.24) is 20.2 Å². The van der Waals surface area contributed by atoms with Crippen molar-refractivity contribution in [3.05, 3.63) is 18.2 Å². The maximum Gasteiger partial charge on any atom is 0.186 e. The normalized spacial score (nSPS) is 17.6. The van der Waals surface area contributed by atoms with E-state index in [1.54, 1.807) is 7.11 Å². The van der Waals surface area contributed by atoms with Gasteiger partial charge in [0.15, 0.2) is 5.82 Å². The Bertz CT molecular complexity index is 631. The van der Waals surface area contributed by atoms with Crippen molar-refractivity contribution in [3.8, 4) is 17.1 Å². The Balaban J connectivity index is 2.09. The Hall–Kier alpha value is -2.11. The number of nitrogens with two attached hydrogens (primary N) is 1. The molecular weight excluding hydrogens is 266 g/mol. The molecule has 0 unspecified atom stereocenters. The molecule has 0 amide bonds. The minimum atomic E-state index is -0.0350. The highest BCUT2D eigenvalue weighted by molar-refractivity contribution is 5.69. The summed E-state index contributed by atoms with van der Waals surface area (Å²) in [6.07, 6.45) is 5.90. The predicted molar refractivity (Wildman–Crippen MR) is 81.0 cm³/mol. The van der Waals surface area contributed by atoms with Crippen LogP contribution < -0.4 is 10.5 Å². The van der Waals surface area contributed by atoms with E-state index in [2.05, 4.69) is 22.4 Å². The number of ether oxygens (including phenoxy) is 1. The number of tetrazole rings is 1. The zero-order valence-electron chi connectivity index (χ0n) is 12.5. The standard InChI is InChI=1S/C15H21N5O/c1-15(8-4-3-5-9-15)20-14(17-18-19-20)12-10-11(16)6-7-13(12)21-2/h6-7,10H,3-5,8-9,16H2,1-2H3. The van der Waals surface area contributed by atoms with Gasteiger partial charge in [0.1, 0.15) is 5.75 Å². The van der Waals surface area contributed by atoms with Gasteiger partial charge in [-0.3, -0.25) is 0 Å². The topological polar surface area (TPSA) is 78.8 Å². The van der Waals surface area contributed by atoms with Crippen LogP contribution in [0.2, 0.25) is 0 Å². The van der Waals surface area contributed by atoms with E-state index in [0.29, 0.717) is 5.69 Å². The Kier molecular flexibility index (Phi) is 3.53. The minimum Gasteiger partial charge on any atom is -0.496 e. The second kappa shape index (κ2) is 5.35. The third-order valence-corrected chi connectivity index (χ3v) is 4.38. The summed E-state index contributed by atoms with van der Waals surface area (Å²) in [7, 11) is 1.64. The molecule has 112 valence electrons. The monoisotopic (exact) mass is 287 g/mol. The SMILES string of the molecule is COc1ccc(N)cc1-c1nnnn1C1(C)CCCCC1. The molecule has 6 nitrogen and oxygen atoms in total. The van der Waals surface area contributed by atoms with E-state index >= 15 is 0 Å². The third-order valence-electron chi connectivity index (χ3n) is 4.38. The van der Waals surface area contributed by atoms with Crippen molar-refractivity contribution in [1.29, 1.82) is 0 Å². The van der Waals surface area contributed by atoms with Crippen LogP contribution >= 0.6 is 0 Å². The second-order valence-corrected chi connectivity index (χ2v) is 5.93. The zero-order valence-corrected chi connectivity index (χ0v) is 12.5. The first-order valence-electron chi connectivity index (χ1n) is 7.37. The third kappa shape index (κ3) is 2.46. The first kappa shape index (κ1) is 13.9. The van der Waals surface area contributed by atoms with E-state index in [0.717, 1.165) is 30.0 Å². The molecule has 0 saturated heterocycles. The molecule has 1 saturated carbocycles. The molecule has 21 heavy (non-hydrogen) atoms. The Morgan fingerprint density at radius 2 is 2.00 bits per heavy atom. The lowest BCUT2D eigenvalue weighted by Crippen LogP contribution is -2.34. The lowest BCUT2D eigenvalue weighted by molar-refractivity contribution is 0.196. The molecule has 6 heteroatoms. The van der Waals surface area contributed by atoms with Gasteiger partial charge in [0.2, 0.25) is 0 Å². The molecule has 1 aliphatic rings. The molecule has 0 radical (unpaired) electrons. The Labute approximate surface area is 124 Å². The van der Waals surface area contributed by atoms with Crippen molar-refractivity contribution in [2.24, 2.45) is 0 Å². The summed E-state index contributed by atoms with van der Waals surface area (Å²) in [6, 6.07) is 5.54. The largest absolute Gasteiger partial charge is 0.496 e. The van der Waals surface area contributed by atoms with Crippen LogP contribution in [-0.2, 0) is 5.54 Å². The van der Waals surface area contributed by atoms with Crippen LogP contribution in [0.15, 0.2) is 18.2 Å². The van der Waals surface area contributed by atoms with Gasteiger partial charge in [-0.2, -0.15) is 0 Å². The molecule has 3 rings (SSSR count). The van der Waals surface area contributed by atoms with E-state index in [4.69, 9.17) is 10.5 Å². The lowest BCUT2D eigenvalue weighted by atomic mass is 9.83. The van der Waals surface area contributed by atoms with Gasteiger partial charge in [0.25, 0.3) is 0 Å². The molecule has 1 aromatic carbocycles. The van der Waals surface area contributed by atoms with E-state index in [9.17, 15) is 0 Å². The average Bonchev–Trinajstić information content (AvgIpc) is 2.98. The van der Waals surface area contributed by atoms with Crippen LogP contribution in [0.3, 0.4) is 0 Å². The van der Waals surface area contributed by atoms with Gasteiger partial charge >= 0.3 is 0 Å². The van der Waals surface area contributed by atoms with Crippen LogP contribution in [0.25, 0.3) is 11.4 Å². The van der Waals surface area contributed by atoms with Crippen LogP contribution in [-0.4, -0.2) is 27.3 Å². The summed E-state index contributed by atoms with van der Waals surface area (Å²) in [5.41, 5.74) is 7.40. The first-order chi connectivity index (χ1) is 10.1. The molecule has 0 atom stereocenters. The molecule has 1 fully saturated rings. The van der Waals surface area contributed by atoms with Gasteiger partial charge in [-0.05, 0) is 48.4 Å². The van der Waals surface area contributed by atoms with Gasteiger partial charge in [-0.15, -0.1) is 5.10 Å². The predicted octanol–water partition coefficient (Wildman–Crippen LogP) is 2.61. The molecule has 0 spiro atoms. The minimum absolute atomic E-state index is 0.0350. The molecule has 2 aromatic rings. The van der Waals surface area contributed by atoms with Gasteiger partial charge < -0.3 is 10.5 Å². The molecule has 1 aliphatic carbocycles. The van der Waals surface area contributed by atoms with Gasteiger partial charge in [0.05, 0.1) is 18.2 Å². The average molecular weight is 287 g/mol. The Morgan fingerprint density at radius 3 is 2.71 bits per heavy atom. The number of nitrogens with zero attached hydrogens (tertiary/aromatic N) is 4. The number of benzene rings is 1. The molecular formula is C15H21N5O. The lowest BCUT2D eigenvalue weighted by Gasteiger charge is -2.34. The Morgan fingerprint density at radius 1 is 1.24 bits per heavy atom. The highest BCUT2D eigenvalue weighted by Crippen LogP contribution is 2.38. The van der Waals surface area contributed by atoms with Gasteiger partial charge in [-0.1, -0.05) is 19.3 Å². The van der Waals surface area contributed by atoms with Crippen LogP contribution in [0.5, 0.6) is 5.75 Å². The summed E-state index contributed by atoms with van der Waals surface area (Å²) in [5.74, 6) is 1.46. The van der Waals surface area contributed by atoms with Crippen molar-refractivity contribution < 1.29 is 4.74 Å². The second-order valence-electron chi connectivity index (χ2n) is 5.93. The van der Waals surface area contributed by atoms with Crippen molar-refractivity contribution in [2.45, 2.75) is 44.6 Å². The first-order valence-corrected chi connectivity index (χ1v) is 7.37. The fraction of sp³-hybridized carbons (Fsp3) is 0.533. The van der Waals surface area contributed by atoms with E-state index in [1.165, 1.54) is 19.3 Å². The van der Waals surface area contributed by atoms with Crippen LogP contribution in [0.1, 0.15) is 39.0 Å².